The van der Waals surface area contributed by atoms with Crippen LogP contribution in [0.15, 0.2) is 47.1 Å². The first kappa shape index (κ1) is 13.7. The SMILES string of the molecule is O=C(CCc1ccco1)NCCc1ccc(Cl)cc1. The molecule has 1 aromatic carbocycles. The van der Waals surface area contributed by atoms with E-state index < -0.39 is 0 Å². The summed E-state index contributed by atoms with van der Waals surface area (Å²) in [4.78, 5) is 11.6. The number of benzene rings is 1. The molecule has 1 amide bonds. The molecule has 1 heterocycles. The van der Waals surface area contributed by atoms with Crippen molar-refractivity contribution in [1.29, 1.82) is 0 Å². The van der Waals surface area contributed by atoms with Crippen molar-refractivity contribution in [1.82, 2.24) is 5.32 Å². The lowest BCUT2D eigenvalue weighted by molar-refractivity contribution is -0.121. The first-order valence-electron chi connectivity index (χ1n) is 6.27. The normalized spacial score (nSPS) is 10.4. The van der Waals surface area contributed by atoms with Gasteiger partial charge in [0, 0.05) is 24.4 Å². The van der Waals surface area contributed by atoms with Crippen molar-refractivity contribution in [2.24, 2.45) is 0 Å². The quantitative estimate of drug-likeness (QED) is 0.881. The fourth-order valence-corrected chi connectivity index (χ4v) is 1.90. The van der Waals surface area contributed by atoms with Crippen molar-refractivity contribution < 1.29 is 9.21 Å². The second kappa shape index (κ2) is 7.00. The van der Waals surface area contributed by atoms with Gasteiger partial charge in [0.2, 0.25) is 5.91 Å². The van der Waals surface area contributed by atoms with Crippen LogP contribution in [0, 0.1) is 0 Å². The molecule has 100 valence electrons. The lowest BCUT2D eigenvalue weighted by Crippen LogP contribution is -2.25. The number of amides is 1. The summed E-state index contributed by atoms with van der Waals surface area (Å²) in [5.41, 5.74) is 1.16. The monoisotopic (exact) mass is 277 g/mol. The average molecular weight is 278 g/mol. The highest BCUT2D eigenvalue weighted by atomic mass is 35.5. The molecule has 0 aliphatic carbocycles. The summed E-state index contributed by atoms with van der Waals surface area (Å²) in [6.07, 6.45) is 3.52. The van der Waals surface area contributed by atoms with Gasteiger partial charge in [0.1, 0.15) is 5.76 Å². The number of carbonyl (C=O) groups is 1. The minimum Gasteiger partial charge on any atom is -0.469 e. The molecule has 19 heavy (non-hydrogen) atoms. The molecule has 1 aromatic heterocycles. The van der Waals surface area contributed by atoms with Gasteiger partial charge in [-0.1, -0.05) is 23.7 Å². The van der Waals surface area contributed by atoms with Crippen LogP contribution in [0.25, 0.3) is 0 Å². The van der Waals surface area contributed by atoms with E-state index in [1.807, 2.05) is 36.4 Å². The Morgan fingerprint density at radius 2 is 1.95 bits per heavy atom. The van der Waals surface area contributed by atoms with Crippen LogP contribution in [0.3, 0.4) is 0 Å². The predicted molar refractivity (Wildman–Crippen MR) is 75.2 cm³/mol. The van der Waals surface area contributed by atoms with E-state index in [9.17, 15) is 4.79 Å². The summed E-state index contributed by atoms with van der Waals surface area (Å²) in [5, 5.41) is 3.62. The van der Waals surface area contributed by atoms with Gasteiger partial charge in [-0.2, -0.15) is 0 Å². The van der Waals surface area contributed by atoms with Crippen LogP contribution < -0.4 is 5.32 Å². The van der Waals surface area contributed by atoms with E-state index in [2.05, 4.69) is 5.32 Å². The van der Waals surface area contributed by atoms with Crippen molar-refractivity contribution in [3.63, 3.8) is 0 Å². The highest BCUT2D eigenvalue weighted by Crippen LogP contribution is 2.09. The van der Waals surface area contributed by atoms with Crippen LogP contribution in [-0.2, 0) is 17.6 Å². The van der Waals surface area contributed by atoms with Crippen molar-refractivity contribution in [2.45, 2.75) is 19.3 Å². The molecular formula is C15H16ClNO2. The molecule has 4 heteroatoms. The predicted octanol–water partition coefficient (Wildman–Crippen LogP) is 3.22. The maximum Gasteiger partial charge on any atom is 0.220 e. The molecule has 0 radical (unpaired) electrons. The summed E-state index contributed by atoms with van der Waals surface area (Å²) < 4.78 is 5.18. The van der Waals surface area contributed by atoms with Gasteiger partial charge >= 0.3 is 0 Å². The van der Waals surface area contributed by atoms with E-state index in [-0.39, 0.29) is 5.91 Å². The second-order valence-electron chi connectivity index (χ2n) is 4.31. The van der Waals surface area contributed by atoms with E-state index in [4.69, 9.17) is 16.0 Å². The Morgan fingerprint density at radius 1 is 1.16 bits per heavy atom. The summed E-state index contributed by atoms with van der Waals surface area (Å²) in [6, 6.07) is 11.4. The molecule has 0 aliphatic heterocycles. The smallest absolute Gasteiger partial charge is 0.220 e. The largest absolute Gasteiger partial charge is 0.469 e. The van der Waals surface area contributed by atoms with E-state index >= 15 is 0 Å². The maximum atomic E-state index is 11.6. The highest BCUT2D eigenvalue weighted by molar-refractivity contribution is 6.30. The number of nitrogens with one attached hydrogen (secondary N) is 1. The Morgan fingerprint density at radius 3 is 2.63 bits per heavy atom. The van der Waals surface area contributed by atoms with Gasteiger partial charge in [-0.05, 0) is 36.2 Å². The van der Waals surface area contributed by atoms with Gasteiger partial charge in [0.25, 0.3) is 0 Å². The molecule has 0 saturated carbocycles. The number of aryl methyl sites for hydroxylation is 1. The Kier molecular flexibility index (Phi) is 5.04. The number of halogens is 1. The lowest BCUT2D eigenvalue weighted by Gasteiger charge is -2.05. The topological polar surface area (TPSA) is 42.2 Å². The Balaban J connectivity index is 1.65. The van der Waals surface area contributed by atoms with Crippen LogP contribution in [0.1, 0.15) is 17.7 Å². The van der Waals surface area contributed by atoms with Crippen molar-refractivity contribution in [3.8, 4) is 0 Å². The fraction of sp³-hybridized carbons (Fsp3) is 0.267. The fourth-order valence-electron chi connectivity index (χ4n) is 1.78. The Bertz CT molecular complexity index is 505. The number of hydrogen-bond donors (Lipinski definition) is 1. The van der Waals surface area contributed by atoms with Crippen molar-refractivity contribution in [2.75, 3.05) is 6.54 Å². The summed E-state index contributed by atoms with van der Waals surface area (Å²) >= 11 is 5.81. The van der Waals surface area contributed by atoms with Crippen LogP contribution >= 0.6 is 11.6 Å². The van der Waals surface area contributed by atoms with Gasteiger partial charge in [-0.3, -0.25) is 4.79 Å². The molecule has 0 atom stereocenters. The van der Waals surface area contributed by atoms with Gasteiger partial charge in [-0.25, -0.2) is 0 Å². The lowest BCUT2D eigenvalue weighted by atomic mass is 10.1. The molecule has 1 N–H and O–H groups in total. The number of hydrogen-bond acceptors (Lipinski definition) is 2. The van der Waals surface area contributed by atoms with Crippen molar-refractivity contribution >= 4 is 17.5 Å². The zero-order valence-corrected chi connectivity index (χ0v) is 11.3. The molecule has 2 rings (SSSR count). The molecular weight excluding hydrogens is 262 g/mol. The zero-order valence-electron chi connectivity index (χ0n) is 10.6. The molecule has 3 nitrogen and oxygen atoms in total. The number of furan rings is 1. The van der Waals surface area contributed by atoms with E-state index in [1.165, 1.54) is 0 Å². The molecule has 0 bridgehead atoms. The molecule has 0 fully saturated rings. The average Bonchev–Trinajstić information content (AvgIpc) is 2.92. The minimum absolute atomic E-state index is 0.0466. The number of rotatable bonds is 6. The Hall–Kier alpha value is -1.74. The zero-order chi connectivity index (χ0) is 13.5. The number of carbonyl (C=O) groups excluding carboxylic acids is 1. The second-order valence-corrected chi connectivity index (χ2v) is 4.74. The van der Waals surface area contributed by atoms with E-state index in [0.29, 0.717) is 19.4 Å². The Labute approximate surface area is 117 Å². The third-order valence-electron chi connectivity index (χ3n) is 2.83. The van der Waals surface area contributed by atoms with Gasteiger partial charge in [0.15, 0.2) is 0 Å². The standard InChI is InChI=1S/C15H16ClNO2/c16-13-5-3-12(4-6-13)9-10-17-15(18)8-7-14-2-1-11-19-14/h1-6,11H,7-10H2,(H,17,18). The summed E-state index contributed by atoms with van der Waals surface area (Å²) in [5.74, 6) is 0.887. The van der Waals surface area contributed by atoms with E-state index in [1.54, 1.807) is 6.26 Å². The van der Waals surface area contributed by atoms with Crippen molar-refractivity contribution in [3.05, 3.63) is 59.0 Å². The summed E-state index contributed by atoms with van der Waals surface area (Å²) in [7, 11) is 0. The van der Waals surface area contributed by atoms with Gasteiger partial charge in [0.05, 0.1) is 6.26 Å². The third kappa shape index (κ3) is 4.79. The molecule has 0 saturated heterocycles. The molecule has 0 spiro atoms. The first-order valence-corrected chi connectivity index (χ1v) is 6.65. The van der Waals surface area contributed by atoms with E-state index in [0.717, 1.165) is 22.8 Å². The van der Waals surface area contributed by atoms with Gasteiger partial charge < -0.3 is 9.73 Å². The van der Waals surface area contributed by atoms with Crippen LogP contribution in [-0.4, -0.2) is 12.5 Å². The molecule has 0 unspecified atom stereocenters. The van der Waals surface area contributed by atoms with Crippen LogP contribution in [0.5, 0.6) is 0 Å². The molecule has 2 aromatic rings. The van der Waals surface area contributed by atoms with Gasteiger partial charge in [-0.15, -0.1) is 0 Å². The first-order chi connectivity index (χ1) is 9.24. The third-order valence-corrected chi connectivity index (χ3v) is 3.08. The van der Waals surface area contributed by atoms with Crippen LogP contribution in [0.4, 0.5) is 0 Å². The summed E-state index contributed by atoms with van der Waals surface area (Å²) in [6.45, 7) is 0.638. The molecule has 0 aliphatic rings. The minimum atomic E-state index is 0.0466. The van der Waals surface area contributed by atoms with Crippen LogP contribution in [0.2, 0.25) is 5.02 Å². The maximum absolute atomic E-state index is 11.6. The highest BCUT2D eigenvalue weighted by Gasteiger charge is 2.03.